The fourth-order valence-electron chi connectivity index (χ4n) is 2.70. The molecule has 3 rings (SSSR count). The Morgan fingerprint density at radius 1 is 1.06 bits per heavy atom. The van der Waals surface area contributed by atoms with E-state index < -0.39 is 5.91 Å². The number of carbonyl (C=O) groups excluding carboxylic acids is 1. The molecule has 0 unspecified atom stereocenters. The Morgan fingerprint density at radius 2 is 1.84 bits per heavy atom. The van der Waals surface area contributed by atoms with Gasteiger partial charge in [-0.1, -0.05) is 65.1 Å². The molecule has 0 bridgehead atoms. The maximum atomic E-state index is 12.6. The third-order valence-corrected chi connectivity index (χ3v) is 5.41. The lowest BCUT2D eigenvalue weighted by molar-refractivity contribution is -0.112. The molecule has 0 fully saturated rings. The summed E-state index contributed by atoms with van der Waals surface area (Å²) in [5.41, 5.74) is 2.67. The number of benzene rings is 3. The molecule has 0 aliphatic carbocycles. The van der Waals surface area contributed by atoms with Crippen LogP contribution in [0.5, 0.6) is 5.75 Å². The van der Waals surface area contributed by atoms with Gasteiger partial charge in [0, 0.05) is 31.9 Å². The maximum absolute atomic E-state index is 12.6. The van der Waals surface area contributed by atoms with Gasteiger partial charge in [-0.3, -0.25) is 4.79 Å². The summed E-state index contributed by atoms with van der Waals surface area (Å²) in [6.07, 6.45) is 1.48. The van der Waals surface area contributed by atoms with Crippen molar-refractivity contribution < 1.29 is 9.53 Å². The Labute approximate surface area is 195 Å². The second kappa shape index (κ2) is 10.4. The van der Waals surface area contributed by atoms with Crippen molar-refractivity contribution in [3.63, 3.8) is 0 Å². The van der Waals surface area contributed by atoms with Gasteiger partial charge in [0.05, 0.1) is 0 Å². The molecule has 156 valence electrons. The molecule has 0 saturated heterocycles. The van der Waals surface area contributed by atoms with Gasteiger partial charge in [-0.25, -0.2) is 0 Å². The molecule has 0 aliphatic heterocycles. The van der Waals surface area contributed by atoms with E-state index in [2.05, 4.69) is 5.32 Å². The Bertz CT molecular complexity index is 1200. The van der Waals surface area contributed by atoms with Crippen molar-refractivity contribution in [2.75, 3.05) is 5.32 Å². The standard InChI is InChI=1S/C24H17Cl3N2O2/c1-15-6-9-20(12-21(15)26)29-24(30)18(13-28)10-16-4-2-3-5-23(16)31-14-17-7-8-19(25)11-22(17)27/h2-12H,14H2,1H3,(H,29,30)/b18-10-. The highest BCUT2D eigenvalue weighted by Gasteiger charge is 2.12. The summed E-state index contributed by atoms with van der Waals surface area (Å²) in [6, 6.07) is 19.3. The van der Waals surface area contributed by atoms with Gasteiger partial charge >= 0.3 is 0 Å². The van der Waals surface area contributed by atoms with Crippen molar-refractivity contribution in [2.45, 2.75) is 13.5 Å². The van der Waals surface area contributed by atoms with Crippen LogP contribution in [0.3, 0.4) is 0 Å². The van der Waals surface area contributed by atoms with E-state index in [9.17, 15) is 10.1 Å². The summed E-state index contributed by atoms with van der Waals surface area (Å²) >= 11 is 18.2. The van der Waals surface area contributed by atoms with E-state index in [1.54, 1.807) is 60.7 Å². The Morgan fingerprint density at radius 3 is 2.55 bits per heavy atom. The SMILES string of the molecule is Cc1ccc(NC(=O)/C(C#N)=C\c2ccccc2OCc2ccc(Cl)cc2Cl)cc1Cl. The number of ether oxygens (including phenoxy) is 1. The molecule has 31 heavy (non-hydrogen) atoms. The highest BCUT2D eigenvalue weighted by molar-refractivity contribution is 6.35. The number of nitrogens with zero attached hydrogens (tertiary/aromatic N) is 1. The Balaban J connectivity index is 1.80. The Hall–Kier alpha value is -2.97. The van der Waals surface area contributed by atoms with E-state index in [0.29, 0.717) is 32.1 Å². The fraction of sp³-hybridized carbons (Fsp3) is 0.0833. The summed E-state index contributed by atoms with van der Waals surface area (Å²) in [7, 11) is 0. The number of hydrogen-bond acceptors (Lipinski definition) is 3. The number of nitrogens with one attached hydrogen (secondary N) is 1. The van der Waals surface area contributed by atoms with Gasteiger partial charge < -0.3 is 10.1 Å². The third kappa shape index (κ3) is 6.02. The largest absolute Gasteiger partial charge is 0.488 e. The quantitative estimate of drug-likeness (QED) is 0.308. The van der Waals surface area contributed by atoms with Crippen LogP contribution >= 0.6 is 34.8 Å². The lowest BCUT2D eigenvalue weighted by atomic mass is 10.1. The average Bonchev–Trinajstić information content (AvgIpc) is 2.74. The molecule has 0 radical (unpaired) electrons. The molecule has 1 N–H and O–H groups in total. The minimum Gasteiger partial charge on any atom is -0.488 e. The van der Waals surface area contributed by atoms with Crippen LogP contribution in [0.4, 0.5) is 5.69 Å². The minimum absolute atomic E-state index is 0.0720. The van der Waals surface area contributed by atoms with Crippen molar-refractivity contribution in [1.29, 1.82) is 5.26 Å². The second-order valence-electron chi connectivity index (χ2n) is 6.65. The molecule has 0 atom stereocenters. The molecule has 0 saturated carbocycles. The minimum atomic E-state index is -0.544. The van der Waals surface area contributed by atoms with Gasteiger partial charge in [-0.05, 0) is 48.9 Å². The van der Waals surface area contributed by atoms with E-state index >= 15 is 0 Å². The molecular weight excluding hydrogens is 455 g/mol. The number of nitriles is 1. The zero-order valence-electron chi connectivity index (χ0n) is 16.5. The molecule has 3 aromatic carbocycles. The molecule has 0 spiro atoms. The molecule has 0 aliphatic rings. The topological polar surface area (TPSA) is 62.1 Å². The lowest BCUT2D eigenvalue weighted by Crippen LogP contribution is -2.13. The number of halogens is 3. The lowest BCUT2D eigenvalue weighted by Gasteiger charge is -2.11. The van der Waals surface area contributed by atoms with Crippen LogP contribution in [0.15, 0.2) is 66.2 Å². The number of hydrogen-bond donors (Lipinski definition) is 1. The average molecular weight is 472 g/mol. The molecule has 4 nitrogen and oxygen atoms in total. The van der Waals surface area contributed by atoms with E-state index in [-0.39, 0.29) is 12.2 Å². The number of amides is 1. The van der Waals surface area contributed by atoms with Crippen LogP contribution < -0.4 is 10.1 Å². The summed E-state index contributed by atoms with van der Waals surface area (Å²) in [4.78, 5) is 12.6. The van der Waals surface area contributed by atoms with Crippen molar-refractivity contribution >= 4 is 52.5 Å². The van der Waals surface area contributed by atoms with E-state index in [0.717, 1.165) is 11.1 Å². The van der Waals surface area contributed by atoms with E-state index in [4.69, 9.17) is 39.5 Å². The van der Waals surface area contributed by atoms with Crippen molar-refractivity contribution in [2.24, 2.45) is 0 Å². The normalized spacial score (nSPS) is 11.0. The van der Waals surface area contributed by atoms with E-state index in [1.165, 1.54) is 6.08 Å². The predicted molar refractivity (Wildman–Crippen MR) is 126 cm³/mol. The predicted octanol–water partition coefficient (Wildman–Crippen LogP) is 7.08. The highest BCUT2D eigenvalue weighted by atomic mass is 35.5. The summed E-state index contributed by atoms with van der Waals surface area (Å²) < 4.78 is 5.89. The summed E-state index contributed by atoms with van der Waals surface area (Å²) in [6.45, 7) is 2.07. The van der Waals surface area contributed by atoms with E-state index in [1.807, 2.05) is 13.0 Å². The van der Waals surface area contributed by atoms with Crippen LogP contribution in [0, 0.1) is 18.3 Å². The monoisotopic (exact) mass is 470 g/mol. The van der Waals surface area contributed by atoms with Gasteiger partial charge in [-0.2, -0.15) is 5.26 Å². The second-order valence-corrected chi connectivity index (χ2v) is 7.90. The molecule has 7 heteroatoms. The number of anilines is 1. The highest BCUT2D eigenvalue weighted by Crippen LogP contribution is 2.26. The first-order chi connectivity index (χ1) is 14.9. The smallest absolute Gasteiger partial charge is 0.266 e. The van der Waals surface area contributed by atoms with Crippen LogP contribution in [-0.2, 0) is 11.4 Å². The molecule has 0 heterocycles. The summed E-state index contributed by atoms with van der Waals surface area (Å²) in [5.74, 6) is -0.0367. The van der Waals surface area contributed by atoms with Crippen LogP contribution in [-0.4, -0.2) is 5.91 Å². The third-order valence-electron chi connectivity index (χ3n) is 4.41. The Kier molecular flexibility index (Phi) is 7.59. The molecule has 0 aromatic heterocycles. The van der Waals surface area contributed by atoms with Gasteiger partial charge in [-0.15, -0.1) is 0 Å². The molecule has 1 amide bonds. The zero-order chi connectivity index (χ0) is 22.4. The van der Waals surface area contributed by atoms with Crippen LogP contribution in [0.1, 0.15) is 16.7 Å². The van der Waals surface area contributed by atoms with Crippen molar-refractivity contribution in [3.8, 4) is 11.8 Å². The molecular formula is C24H17Cl3N2O2. The maximum Gasteiger partial charge on any atom is 0.266 e. The van der Waals surface area contributed by atoms with Gasteiger partial charge in [0.1, 0.15) is 24.0 Å². The molecule has 3 aromatic rings. The van der Waals surface area contributed by atoms with Gasteiger partial charge in [0.25, 0.3) is 5.91 Å². The summed E-state index contributed by atoms with van der Waals surface area (Å²) in [5, 5.41) is 13.8. The first-order valence-electron chi connectivity index (χ1n) is 9.22. The number of aryl methyl sites for hydroxylation is 1. The van der Waals surface area contributed by atoms with Crippen LogP contribution in [0.25, 0.3) is 6.08 Å². The zero-order valence-corrected chi connectivity index (χ0v) is 18.7. The first-order valence-corrected chi connectivity index (χ1v) is 10.4. The first kappa shape index (κ1) is 22.7. The number of para-hydroxylation sites is 1. The van der Waals surface area contributed by atoms with Gasteiger partial charge in [0.2, 0.25) is 0 Å². The van der Waals surface area contributed by atoms with Crippen molar-refractivity contribution in [1.82, 2.24) is 0 Å². The van der Waals surface area contributed by atoms with Crippen molar-refractivity contribution in [3.05, 3.63) is 98.0 Å². The van der Waals surface area contributed by atoms with Crippen LogP contribution in [0.2, 0.25) is 15.1 Å². The van der Waals surface area contributed by atoms with Gasteiger partial charge in [0.15, 0.2) is 0 Å². The fourth-order valence-corrected chi connectivity index (χ4v) is 3.34. The number of carbonyl (C=O) groups is 1. The number of rotatable bonds is 6.